The Morgan fingerprint density at radius 2 is 1.79 bits per heavy atom. The lowest BCUT2D eigenvalue weighted by molar-refractivity contribution is 0.0281. The topological polar surface area (TPSA) is 91.9 Å². The number of likely N-dealkylation sites (N-methyl/N-ethyl adjacent to an activating group) is 1. The minimum atomic E-state index is -0.501. The molecule has 1 heterocycles. The molecular weight excluding hydrogens is 479 g/mol. The lowest BCUT2D eigenvalue weighted by atomic mass is 10.0. The Hall–Kier alpha value is -2.52. The van der Waals surface area contributed by atoms with Crippen molar-refractivity contribution in [3.05, 3.63) is 52.0 Å². The molecule has 0 aromatic heterocycles. The van der Waals surface area contributed by atoms with Gasteiger partial charge in [-0.3, -0.25) is 4.79 Å². The fourth-order valence-electron chi connectivity index (χ4n) is 3.66. The van der Waals surface area contributed by atoms with Crippen LogP contribution < -0.4 is 20.7 Å². The molecule has 1 aliphatic heterocycles. The summed E-state index contributed by atoms with van der Waals surface area (Å²) in [7, 11) is 3.38. The molecule has 0 radical (unpaired) electrons. The molecule has 0 aliphatic carbocycles. The third-order valence-corrected chi connectivity index (χ3v) is 6.04. The highest BCUT2D eigenvalue weighted by molar-refractivity contribution is 6.35. The van der Waals surface area contributed by atoms with E-state index in [1.165, 1.54) is 0 Å². The lowest BCUT2D eigenvalue weighted by Crippen LogP contribution is -2.44. The lowest BCUT2D eigenvalue weighted by Gasteiger charge is -2.30. The summed E-state index contributed by atoms with van der Waals surface area (Å²) in [6.45, 7) is 5.65. The average Bonchev–Trinajstić information content (AvgIpc) is 2.77. The van der Waals surface area contributed by atoms with E-state index < -0.39 is 6.03 Å². The molecule has 0 spiro atoms. The van der Waals surface area contributed by atoms with E-state index in [1.807, 2.05) is 6.92 Å². The fraction of sp³-hybridized carbons (Fsp3) is 0.417. The van der Waals surface area contributed by atoms with E-state index in [9.17, 15) is 9.59 Å². The number of anilines is 2. The third-order valence-electron chi connectivity index (χ3n) is 5.60. The summed E-state index contributed by atoms with van der Waals surface area (Å²) in [5, 5.41) is 9.67. The largest absolute Gasteiger partial charge is 0.491 e. The van der Waals surface area contributed by atoms with Crippen LogP contribution in [0.25, 0.3) is 0 Å². The van der Waals surface area contributed by atoms with Crippen LogP contribution in [0.5, 0.6) is 5.75 Å². The maximum Gasteiger partial charge on any atom is 0.323 e. The molecule has 8 nitrogen and oxygen atoms in total. The number of fused-ring (bicyclic) bond motifs is 1. The Morgan fingerprint density at radius 3 is 2.47 bits per heavy atom. The van der Waals surface area contributed by atoms with Gasteiger partial charge in [0.25, 0.3) is 5.91 Å². The summed E-state index contributed by atoms with van der Waals surface area (Å²) in [5.41, 5.74) is 1.23. The molecule has 3 N–H and O–H groups in total. The summed E-state index contributed by atoms with van der Waals surface area (Å²) in [5.74, 6) is 0.412. The maximum atomic E-state index is 13.3. The van der Waals surface area contributed by atoms with Gasteiger partial charge in [0, 0.05) is 54.7 Å². The molecule has 3 atom stereocenters. The number of benzene rings is 2. The highest BCUT2D eigenvalue weighted by Crippen LogP contribution is 2.26. The number of carbonyl (C=O) groups is 2. The van der Waals surface area contributed by atoms with Crippen molar-refractivity contribution in [3.63, 3.8) is 0 Å². The third kappa shape index (κ3) is 6.99. The molecule has 0 unspecified atom stereocenters. The number of amides is 3. The average molecular weight is 509 g/mol. The Labute approximate surface area is 209 Å². The second-order valence-corrected chi connectivity index (χ2v) is 9.38. The van der Waals surface area contributed by atoms with Gasteiger partial charge in [-0.1, -0.05) is 30.1 Å². The van der Waals surface area contributed by atoms with Crippen LogP contribution in [-0.2, 0) is 4.74 Å². The van der Waals surface area contributed by atoms with Gasteiger partial charge in [-0.05, 0) is 49.2 Å². The van der Waals surface area contributed by atoms with Crippen LogP contribution in [0, 0.1) is 5.92 Å². The number of nitrogens with one attached hydrogen (secondary N) is 3. The minimum absolute atomic E-state index is 0.0770. The van der Waals surface area contributed by atoms with Crippen molar-refractivity contribution in [1.82, 2.24) is 10.2 Å². The predicted molar refractivity (Wildman–Crippen MR) is 135 cm³/mol. The Bertz CT molecular complexity index is 1020. The van der Waals surface area contributed by atoms with E-state index in [0.717, 1.165) is 6.54 Å². The number of carbonyl (C=O) groups excluding carboxylic acids is 2. The molecule has 2 aromatic carbocycles. The summed E-state index contributed by atoms with van der Waals surface area (Å²) in [6, 6.07) is 9.29. The van der Waals surface area contributed by atoms with Gasteiger partial charge < -0.3 is 30.3 Å². The number of methoxy groups -OCH3 is 1. The van der Waals surface area contributed by atoms with Crippen LogP contribution in [0.1, 0.15) is 24.2 Å². The van der Waals surface area contributed by atoms with Gasteiger partial charge in [-0.15, -0.1) is 0 Å². The van der Waals surface area contributed by atoms with Crippen LogP contribution >= 0.6 is 23.2 Å². The van der Waals surface area contributed by atoms with Crippen LogP contribution in [0.2, 0.25) is 10.0 Å². The molecule has 184 valence electrons. The quantitative estimate of drug-likeness (QED) is 0.557. The van der Waals surface area contributed by atoms with Crippen molar-refractivity contribution in [2.45, 2.75) is 26.0 Å². The zero-order valence-corrected chi connectivity index (χ0v) is 21.2. The van der Waals surface area contributed by atoms with Crippen LogP contribution in [-0.4, -0.2) is 62.8 Å². The molecule has 0 saturated carbocycles. The van der Waals surface area contributed by atoms with Gasteiger partial charge >= 0.3 is 6.03 Å². The van der Waals surface area contributed by atoms with E-state index in [1.54, 1.807) is 55.5 Å². The Morgan fingerprint density at radius 1 is 1.12 bits per heavy atom. The zero-order valence-electron chi connectivity index (χ0n) is 19.7. The number of hydrogen-bond donors (Lipinski definition) is 3. The van der Waals surface area contributed by atoms with Crippen LogP contribution in [0.3, 0.4) is 0 Å². The molecule has 0 saturated heterocycles. The van der Waals surface area contributed by atoms with Crippen molar-refractivity contribution in [2.75, 3.05) is 44.5 Å². The first kappa shape index (κ1) is 26.1. The molecular formula is C24H30Cl2N4O4. The van der Waals surface area contributed by atoms with E-state index in [4.69, 9.17) is 32.7 Å². The van der Waals surface area contributed by atoms with Gasteiger partial charge in [0.2, 0.25) is 0 Å². The molecule has 10 heteroatoms. The van der Waals surface area contributed by atoms with Crippen LogP contribution in [0.4, 0.5) is 16.2 Å². The van der Waals surface area contributed by atoms with Crippen molar-refractivity contribution >= 4 is 46.5 Å². The van der Waals surface area contributed by atoms with Gasteiger partial charge in [0.1, 0.15) is 12.4 Å². The van der Waals surface area contributed by atoms with Gasteiger partial charge in [-0.2, -0.15) is 0 Å². The van der Waals surface area contributed by atoms with Gasteiger partial charge in [0.15, 0.2) is 0 Å². The first-order valence-corrected chi connectivity index (χ1v) is 11.7. The SMILES string of the molecule is CO[C@H]1CN(C)C(=O)c2cc(NC(=O)Nc3cc(Cl)cc(Cl)c3)ccc2OC[C@@H](C)NC[C@H]1C. The van der Waals surface area contributed by atoms with Crippen molar-refractivity contribution in [3.8, 4) is 5.75 Å². The number of ether oxygens (including phenoxy) is 2. The zero-order chi connectivity index (χ0) is 24.8. The Kier molecular flexibility index (Phi) is 9.02. The number of hydrogen-bond acceptors (Lipinski definition) is 5. The molecule has 3 rings (SSSR count). The normalized spacial score (nSPS) is 21.5. The number of urea groups is 1. The van der Waals surface area contributed by atoms with E-state index >= 15 is 0 Å². The van der Waals surface area contributed by atoms with Crippen LogP contribution in [0.15, 0.2) is 36.4 Å². The molecule has 34 heavy (non-hydrogen) atoms. The number of rotatable bonds is 3. The predicted octanol–water partition coefficient (Wildman–Crippen LogP) is 4.73. The molecule has 1 aliphatic rings. The first-order valence-electron chi connectivity index (χ1n) is 11.0. The fourth-order valence-corrected chi connectivity index (χ4v) is 4.18. The summed E-state index contributed by atoms with van der Waals surface area (Å²) in [6.07, 6.45) is -0.131. The van der Waals surface area contributed by atoms with Crippen molar-refractivity contribution < 1.29 is 19.1 Å². The highest BCUT2D eigenvalue weighted by atomic mass is 35.5. The maximum absolute atomic E-state index is 13.3. The smallest absolute Gasteiger partial charge is 0.323 e. The second kappa shape index (κ2) is 11.8. The van der Waals surface area contributed by atoms with E-state index in [0.29, 0.717) is 45.9 Å². The van der Waals surface area contributed by atoms with Crippen molar-refractivity contribution in [1.29, 1.82) is 0 Å². The molecule has 2 aromatic rings. The number of halogens is 2. The van der Waals surface area contributed by atoms with Gasteiger partial charge in [0.05, 0.1) is 11.7 Å². The molecule has 0 fully saturated rings. The number of nitrogens with zero attached hydrogens (tertiary/aromatic N) is 1. The summed E-state index contributed by atoms with van der Waals surface area (Å²) < 4.78 is 11.6. The highest BCUT2D eigenvalue weighted by Gasteiger charge is 2.25. The van der Waals surface area contributed by atoms with Gasteiger partial charge in [-0.25, -0.2) is 4.79 Å². The standard InChI is InChI=1S/C24H30Cl2N4O4/c1-14-11-27-15(2)13-34-21-6-5-18(10-20(21)23(31)30(3)12-22(14)33-4)28-24(32)29-19-8-16(25)7-17(26)9-19/h5-10,14-15,22,27H,11-13H2,1-4H3,(H2,28,29,32)/t14-,15-,22+/m1/s1. The first-order chi connectivity index (χ1) is 16.2. The van der Waals surface area contributed by atoms with E-state index in [-0.39, 0.29) is 24.0 Å². The van der Waals surface area contributed by atoms with E-state index in [2.05, 4.69) is 22.9 Å². The molecule has 0 bridgehead atoms. The monoisotopic (exact) mass is 508 g/mol. The van der Waals surface area contributed by atoms with Crippen molar-refractivity contribution in [2.24, 2.45) is 5.92 Å². The summed E-state index contributed by atoms with van der Waals surface area (Å²) in [4.78, 5) is 27.5. The second-order valence-electron chi connectivity index (χ2n) is 8.51. The summed E-state index contributed by atoms with van der Waals surface area (Å²) >= 11 is 12.0. The minimum Gasteiger partial charge on any atom is -0.491 e. The Balaban J connectivity index is 1.83. The molecule has 3 amide bonds.